The topological polar surface area (TPSA) is 467 Å². The summed E-state index contributed by atoms with van der Waals surface area (Å²) >= 11 is 0. The minimum absolute atomic E-state index is 0.00138. The van der Waals surface area contributed by atoms with Gasteiger partial charge in [-0.15, -0.1) is 0 Å². The van der Waals surface area contributed by atoms with Crippen LogP contribution in [0.5, 0.6) is 5.75 Å². The predicted molar refractivity (Wildman–Crippen MR) is 276 cm³/mol. The lowest BCUT2D eigenvalue weighted by atomic mass is 9.99. The van der Waals surface area contributed by atoms with Gasteiger partial charge < -0.3 is 86.7 Å². The summed E-state index contributed by atoms with van der Waals surface area (Å²) in [4.78, 5) is 139. The van der Waals surface area contributed by atoms with Crippen LogP contribution in [0.15, 0.2) is 29.3 Å². The molecule has 1 aliphatic heterocycles. The average Bonchev–Trinajstić information content (AvgIpc) is 3.86. The van der Waals surface area contributed by atoms with E-state index in [1.807, 2.05) is 13.8 Å². The number of aliphatic carboxylic acids is 1. The summed E-state index contributed by atoms with van der Waals surface area (Å²) in [5.41, 5.74) is 34.2. The smallest absolute Gasteiger partial charge is 0.326 e. The van der Waals surface area contributed by atoms with Crippen molar-refractivity contribution in [2.24, 2.45) is 45.3 Å². The van der Waals surface area contributed by atoms with Gasteiger partial charge in [0.15, 0.2) is 5.96 Å². The van der Waals surface area contributed by atoms with E-state index in [-0.39, 0.29) is 82.3 Å². The number of phenolic OH excluding ortho intramolecular Hbond substituents is 1. The summed E-state index contributed by atoms with van der Waals surface area (Å²) in [5.74, 6) is -9.03. The number of hydrogen-bond acceptors (Lipinski definition) is 15. The van der Waals surface area contributed by atoms with Crippen LogP contribution in [0.1, 0.15) is 110 Å². The first kappa shape index (κ1) is 64.0. The molecule has 21 N–H and O–H groups in total. The number of rotatable bonds is 34. The standard InChI is InChI=1S/C48H81N15O12/c1-5-26(2)38(52)45(72)57-28(4)46(73)63-23-11-15-36(63)44(71)60-32(13-7-9-21-50)41(68)58-33(14-10-22-55-48(53)54)42(69)61-34(24-29-16-18-30(64)19-17-29)43(70)59-31(12-6-8-20-49)40(67)56-27(3)39(66)62-35(47(74)75)25-37(51)65/h16-19,26-28,31-36,38,64H,5-15,20-25,49-50,52H2,1-4H3,(H2,51,65)(H,56,67)(H,57,72)(H,58,68)(H,59,70)(H,60,71)(H,61,69)(H,62,66)(H,74,75)(H4,53,54,55). The lowest BCUT2D eigenvalue weighted by Gasteiger charge is -2.30. The minimum atomic E-state index is -1.68. The monoisotopic (exact) mass is 1060 g/mol. The molecule has 10 unspecified atom stereocenters. The van der Waals surface area contributed by atoms with E-state index in [1.165, 1.54) is 43.0 Å². The molecule has 0 aliphatic carbocycles. The fourth-order valence-corrected chi connectivity index (χ4v) is 7.97. The molecule has 1 aromatic rings. The number of phenols is 1. The van der Waals surface area contributed by atoms with Crippen molar-refractivity contribution in [3.63, 3.8) is 0 Å². The Morgan fingerprint density at radius 1 is 0.653 bits per heavy atom. The molecule has 1 aliphatic rings. The summed E-state index contributed by atoms with van der Waals surface area (Å²) in [6.07, 6.45) is 2.14. The van der Waals surface area contributed by atoms with Gasteiger partial charge in [-0.1, -0.05) is 32.4 Å². The van der Waals surface area contributed by atoms with E-state index in [1.54, 1.807) is 0 Å². The molecule has 0 bridgehead atoms. The second kappa shape index (κ2) is 32.9. The summed E-state index contributed by atoms with van der Waals surface area (Å²) < 4.78 is 0. The zero-order chi connectivity index (χ0) is 56.4. The second-order valence-corrected chi connectivity index (χ2v) is 18.8. The van der Waals surface area contributed by atoms with Crippen LogP contribution in [-0.4, -0.2) is 161 Å². The molecule has 1 heterocycles. The van der Waals surface area contributed by atoms with Crippen LogP contribution in [0.4, 0.5) is 0 Å². The van der Waals surface area contributed by atoms with Crippen LogP contribution in [-0.2, 0) is 54.4 Å². The largest absolute Gasteiger partial charge is 0.508 e. The molecule has 0 spiro atoms. The number of carbonyl (C=O) groups is 10. The van der Waals surface area contributed by atoms with E-state index < -0.39 is 120 Å². The van der Waals surface area contributed by atoms with Crippen molar-refractivity contribution in [2.45, 2.75) is 166 Å². The van der Waals surface area contributed by atoms with Gasteiger partial charge in [0.05, 0.1) is 12.5 Å². The molecule has 75 heavy (non-hydrogen) atoms. The Kier molecular flexibility index (Phi) is 28.1. The van der Waals surface area contributed by atoms with Crippen molar-refractivity contribution in [3.05, 3.63) is 29.8 Å². The first-order valence-electron chi connectivity index (χ1n) is 25.4. The van der Waals surface area contributed by atoms with Gasteiger partial charge >= 0.3 is 5.97 Å². The first-order valence-corrected chi connectivity index (χ1v) is 25.4. The molecule has 9 amide bonds. The van der Waals surface area contributed by atoms with Crippen molar-refractivity contribution < 1.29 is 58.2 Å². The molecule has 1 saturated heterocycles. The molecular weight excluding hydrogens is 979 g/mol. The number of nitrogens with two attached hydrogens (primary N) is 6. The number of aliphatic imine (C=N–C) groups is 1. The molecule has 0 aromatic heterocycles. The molecule has 1 aromatic carbocycles. The number of benzene rings is 1. The summed E-state index contributed by atoms with van der Waals surface area (Å²) in [6.45, 7) is 7.20. The SMILES string of the molecule is CCC(C)C(N)C(=O)NC(C)C(=O)N1CCCC1C(=O)NC(CCCCN)C(=O)NC(CCCN=C(N)N)C(=O)NC(Cc1ccc(O)cc1)C(=O)NC(CCCCN)C(=O)NC(C)C(=O)NC(CC(N)=O)C(=O)O. The number of amides is 9. The van der Waals surface area contributed by atoms with Gasteiger partial charge in [0.2, 0.25) is 53.2 Å². The molecular formula is C48H81N15O12. The van der Waals surface area contributed by atoms with Gasteiger partial charge in [0.1, 0.15) is 54.1 Å². The maximum absolute atomic E-state index is 14.5. The van der Waals surface area contributed by atoms with Crippen molar-refractivity contribution in [1.82, 2.24) is 42.1 Å². The van der Waals surface area contributed by atoms with Gasteiger partial charge in [0, 0.05) is 19.5 Å². The Morgan fingerprint density at radius 3 is 1.67 bits per heavy atom. The summed E-state index contributed by atoms with van der Waals surface area (Å²) in [5, 5.41) is 37.5. The molecule has 27 heteroatoms. The number of unbranched alkanes of at least 4 members (excludes halogenated alkanes) is 2. The number of guanidine groups is 1. The third-order valence-electron chi connectivity index (χ3n) is 12.6. The van der Waals surface area contributed by atoms with E-state index in [0.29, 0.717) is 44.1 Å². The molecule has 2 rings (SSSR count). The van der Waals surface area contributed by atoms with E-state index in [0.717, 1.165) is 0 Å². The minimum Gasteiger partial charge on any atom is -0.508 e. The number of primary amides is 1. The Hall–Kier alpha value is -7.13. The Balaban J connectivity index is 2.47. The highest BCUT2D eigenvalue weighted by Crippen LogP contribution is 2.20. The highest BCUT2D eigenvalue weighted by Gasteiger charge is 2.39. The number of likely N-dealkylation sites (tertiary alicyclic amines) is 1. The number of hydrogen-bond donors (Lipinski definition) is 15. The number of carboxylic acid groups (broad SMARTS) is 1. The van der Waals surface area contributed by atoms with Crippen LogP contribution in [0.3, 0.4) is 0 Å². The fraction of sp³-hybridized carbons (Fsp3) is 0.646. The zero-order valence-corrected chi connectivity index (χ0v) is 43.4. The highest BCUT2D eigenvalue weighted by atomic mass is 16.4. The Morgan fingerprint density at radius 2 is 1.15 bits per heavy atom. The lowest BCUT2D eigenvalue weighted by molar-refractivity contribution is -0.143. The molecule has 27 nitrogen and oxygen atoms in total. The number of carbonyl (C=O) groups excluding carboxylic acids is 9. The predicted octanol–water partition coefficient (Wildman–Crippen LogP) is -4.00. The number of nitrogens with zero attached hydrogens (tertiary/aromatic N) is 2. The molecule has 10 atom stereocenters. The van der Waals surface area contributed by atoms with Crippen LogP contribution < -0.4 is 71.6 Å². The summed E-state index contributed by atoms with van der Waals surface area (Å²) in [6, 6.07) is -5.64. The molecule has 0 saturated carbocycles. The number of nitrogens with one attached hydrogen (secondary N) is 7. The Labute approximate surface area is 437 Å². The van der Waals surface area contributed by atoms with E-state index in [9.17, 15) is 58.2 Å². The van der Waals surface area contributed by atoms with Gasteiger partial charge in [-0.3, -0.25) is 48.1 Å². The van der Waals surface area contributed by atoms with Crippen molar-refractivity contribution in [1.29, 1.82) is 0 Å². The quantitative estimate of drug-likeness (QED) is 0.0178. The maximum Gasteiger partial charge on any atom is 0.326 e. The molecule has 420 valence electrons. The van der Waals surface area contributed by atoms with Gasteiger partial charge in [0.25, 0.3) is 0 Å². The van der Waals surface area contributed by atoms with Crippen LogP contribution in [0.25, 0.3) is 0 Å². The third kappa shape index (κ3) is 22.5. The highest BCUT2D eigenvalue weighted by molar-refractivity contribution is 5.98. The van der Waals surface area contributed by atoms with Gasteiger partial charge in [-0.25, -0.2) is 4.79 Å². The van der Waals surface area contributed by atoms with Crippen molar-refractivity contribution >= 4 is 65.1 Å². The maximum atomic E-state index is 14.5. The van der Waals surface area contributed by atoms with Crippen molar-refractivity contribution in [3.8, 4) is 5.75 Å². The van der Waals surface area contributed by atoms with E-state index >= 15 is 0 Å². The molecule has 1 fully saturated rings. The molecule has 0 radical (unpaired) electrons. The lowest BCUT2D eigenvalue weighted by Crippen LogP contribution is -2.60. The normalized spacial score (nSPS) is 16.7. The zero-order valence-electron chi connectivity index (χ0n) is 43.4. The number of aromatic hydroxyl groups is 1. The fourth-order valence-electron chi connectivity index (χ4n) is 7.97. The van der Waals surface area contributed by atoms with Crippen LogP contribution >= 0.6 is 0 Å². The van der Waals surface area contributed by atoms with Crippen molar-refractivity contribution in [2.75, 3.05) is 26.2 Å². The third-order valence-corrected chi connectivity index (χ3v) is 12.6. The van der Waals surface area contributed by atoms with E-state index in [2.05, 4.69) is 42.2 Å². The van der Waals surface area contributed by atoms with Crippen LogP contribution in [0.2, 0.25) is 0 Å². The van der Waals surface area contributed by atoms with Gasteiger partial charge in [-0.2, -0.15) is 0 Å². The second-order valence-electron chi connectivity index (χ2n) is 18.8. The first-order chi connectivity index (χ1) is 35.4. The number of carboxylic acids is 1. The Bertz CT molecular complexity index is 2130. The van der Waals surface area contributed by atoms with Gasteiger partial charge in [-0.05, 0) is 115 Å². The average molecular weight is 1060 g/mol. The van der Waals surface area contributed by atoms with E-state index in [4.69, 9.17) is 34.4 Å². The summed E-state index contributed by atoms with van der Waals surface area (Å²) in [7, 11) is 0. The van der Waals surface area contributed by atoms with Crippen LogP contribution in [0, 0.1) is 5.92 Å².